The zero-order valence-electron chi connectivity index (χ0n) is 15.1. The number of hydrogen-bond donors (Lipinski definition) is 0. The van der Waals surface area contributed by atoms with Crippen molar-refractivity contribution in [2.24, 2.45) is 0 Å². The number of anilines is 1. The monoisotopic (exact) mass is 479 g/mol. The number of allylic oxidation sites excluding steroid dienone is 1. The lowest BCUT2D eigenvalue weighted by Crippen LogP contribution is -2.24. The van der Waals surface area contributed by atoms with Crippen LogP contribution in [0.2, 0.25) is 10.0 Å². The predicted octanol–water partition coefficient (Wildman–Crippen LogP) is 6.02. The Morgan fingerprint density at radius 1 is 1.18 bits per heavy atom. The highest BCUT2D eigenvalue weighted by Crippen LogP contribution is 2.37. The zero-order valence-corrected chi connectivity index (χ0v) is 18.2. The summed E-state index contributed by atoms with van der Waals surface area (Å²) >= 11 is 15.7. The van der Waals surface area contributed by atoms with Gasteiger partial charge in [-0.05, 0) is 55.8 Å². The normalized spacial score (nSPS) is 15.5. The number of nitrogens with zero attached hydrogens (tertiary/aromatic N) is 1. The van der Waals surface area contributed by atoms with E-state index >= 15 is 0 Å². The van der Waals surface area contributed by atoms with Crippen LogP contribution in [-0.4, -0.2) is 18.5 Å². The standard InChI is InChI=1S/C21H16BrCl2NO3/c1-3-28-21(27)18-12(2)25(15-9-7-14(22)8-10-15)20(26)16(18)11-13-5-4-6-17(23)19(13)24/h4-11H,3H2,1-2H3/b16-11-. The van der Waals surface area contributed by atoms with Gasteiger partial charge in [-0.15, -0.1) is 0 Å². The van der Waals surface area contributed by atoms with Gasteiger partial charge in [-0.25, -0.2) is 4.79 Å². The number of esters is 1. The minimum absolute atomic E-state index is 0.202. The van der Waals surface area contributed by atoms with Gasteiger partial charge in [-0.2, -0.15) is 0 Å². The molecule has 0 saturated carbocycles. The molecule has 0 fully saturated rings. The van der Waals surface area contributed by atoms with E-state index in [0.717, 1.165) is 4.47 Å². The average molecular weight is 481 g/mol. The van der Waals surface area contributed by atoms with Crippen molar-refractivity contribution >= 4 is 62.8 Å². The summed E-state index contributed by atoms with van der Waals surface area (Å²) < 4.78 is 6.07. The number of carbonyl (C=O) groups excluding carboxylic acids is 2. The fraction of sp³-hybridized carbons (Fsp3) is 0.143. The SMILES string of the molecule is CCOC(=O)C1=C(C)N(c2ccc(Br)cc2)C(=O)/C1=C\c1cccc(Cl)c1Cl. The molecule has 0 aliphatic carbocycles. The Morgan fingerprint density at radius 2 is 1.86 bits per heavy atom. The molecule has 3 rings (SSSR count). The van der Waals surface area contributed by atoms with E-state index in [0.29, 0.717) is 27.0 Å². The fourth-order valence-electron chi connectivity index (χ4n) is 2.97. The highest BCUT2D eigenvalue weighted by molar-refractivity contribution is 9.10. The second-order valence-electron chi connectivity index (χ2n) is 6.00. The molecule has 1 heterocycles. The van der Waals surface area contributed by atoms with E-state index in [4.69, 9.17) is 27.9 Å². The van der Waals surface area contributed by atoms with Crippen molar-refractivity contribution in [3.63, 3.8) is 0 Å². The van der Waals surface area contributed by atoms with Gasteiger partial charge in [0.2, 0.25) is 0 Å². The van der Waals surface area contributed by atoms with E-state index in [2.05, 4.69) is 15.9 Å². The molecular weight excluding hydrogens is 465 g/mol. The van der Waals surface area contributed by atoms with Gasteiger partial charge in [-0.3, -0.25) is 9.69 Å². The molecule has 0 N–H and O–H groups in total. The molecule has 0 spiro atoms. The molecule has 0 aromatic heterocycles. The molecule has 0 atom stereocenters. The lowest BCUT2D eigenvalue weighted by atomic mass is 10.0. The van der Waals surface area contributed by atoms with Gasteiger partial charge in [0.15, 0.2) is 0 Å². The molecular formula is C21H16BrCl2NO3. The highest BCUT2D eigenvalue weighted by atomic mass is 79.9. The predicted molar refractivity (Wildman–Crippen MR) is 115 cm³/mol. The molecule has 4 nitrogen and oxygen atoms in total. The van der Waals surface area contributed by atoms with Crippen LogP contribution >= 0.6 is 39.1 Å². The number of carbonyl (C=O) groups is 2. The van der Waals surface area contributed by atoms with Crippen molar-refractivity contribution in [2.75, 3.05) is 11.5 Å². The summed E-state index contributed by atoms with van der Waals surface area (Å²) in [6, 6.07) is 12.4. The van der Waals surface area contributed by atoms with Gasteiger partial charge >= 0.3 is 5.97 Å². The Bertz CT molecular complexity index is 1010. The highest BCUT2D eigenvalue weighted by Gasteiger charge is 2.38. The van der Waals surface area contributed by atoms with Gasteiger partial charge in [0.1, 0.15) is 0 Å². The number of hydrogen-bond acceptors (Lipinski definition) is 3. The molecule has 1 aliphatic rings. The maximum Gasteiger partial charge on any atom is 0.340 e. The van der Waals surface area contributed by atoms with Crippen LogP contribution in [-0.2, 0) is 14.3 Å². The number of amides is 1. The summed E-state index contributed by atoms with van der Waals surface area (Å²) in [7, 11) is 0. The van der Waals surface area contributed by atoms with Crippen molar-refractivity contribution < 1.29 is 14.3 Å². The molecule has 0 bridgehead atoms. The minimum Gasteiger partial charge on any atom is -0.462 e. The largest absolute Gasteiger partial charge is 0.462 e. The van der Waals surface area contributed by atoms with Gasteiger partial charge in [0.05, 0.1) is 27.8 Å². The maximum atomic E-state index is 13.2. The fourth-order valence-corrected chi connectivity index (χ4v) is 3.60. The van der Waals surface area contributed by atoms with Crippen LogP contribution in [0.15, 0.2) is 63.8 Å². The van der Waals surface area contributed by atoms with E-state index in [-0.39, 0.29) is 23.7 Å². The molecule has 1 aliphatic heterocycles. The van der Waals surface area contributed by atoms with E-state index in [9.17, 15) is 9.59 Å². The first-order valence-corrected chi connectivity index (χ1v) is 10.0. The van der Waals surface area contributed by atoms with Crippen molar-refractivity contribution in [1.29, 1.82) is 0 Å². The van der Waals surface area contributed by atoms with Gasteiger partial charge < -0.3 is 4.74 Å². The van der Waals surface area contributed by atoms with Gasteiger partial charge in [0, 0.05) is 15.9 Å². The van der Waals surface area contributed by atoms with Crippen LogP contribution in [0.3, 0.4) is 0 Å². The Kier molecular flexibility index (Phi) is 6.28. The summed E-state index contributed by atoms with van der Waals surface area (Å²) in [5, 5.41) is 0.678. The first-order valence-electron chi connectivity index (χ1n) is 8.49. The van der Waals surface area contributed by atoms with E-state index < -0.39 is 5.97 Å². The smallest absolute Gasteiger partial charge is 0.340 e. The second kappa shape index (κ2) is 8.52. The Hall–Kier alpha value is -2.08. The average Bonchev–Trinajstić information content (AvgIpc) is 2.90. The summed E-state index contributed by atoms with van der Waals surface area (Å²) in [4.78, 5) is 27.3. The van der Waals surface area contributed by atoms with Crippen molar-refractivity contribution in [3.05, 3.63) is 79.4 Å². The summed E-state index contributed by atoms with van der Waals surface area (Å²) in [5.74, 6) is -0.892. The number of rotatable bonds is 4. The maximum absolute atomic E-state index is 13.2. The quantitative estimate of drug-likeness (QED) is 0.396. The van der Waals surface area contributed by atoms with Crippen LogP contribution in [0.25, 0.3) is 6.08 Å². The lowest BCUT2D eigenvalue weighted by molar-refractivity contribution is -0.138. The first-order chi connectivity index (χ1) is 13.3. The molecule has 144 valence electrons. The van der Waals surface area contributed by atoms with Crippen LogP contribution in [0.4, 0.5) is 5.69 Å². The molecule has 28 heavy (non-hydrogen) atoms. The number of benzene rings is 2. The van der Waals surface area contributed by atoms with E-state index in [1.54, 1.807) is 50.3 Å². The molecule has 2 aromatic rings. The number of halogens is 3. The van der Waals surface area contributed by atoms with Gasteiger partial charge in [0.25, 0.3) is 5.91 Å². The zero-order chi connectivity index (χ0) is 20.4. The first kappa shape index (κ1) is 20.6. The third-order valence-electron chi connectivity index (χ3n) is 4.25. The van der Waals surface area contributed by atoms with Crippen molar-refractivity contribution in [2.45, 2.75) is 13.8 Å². The van der Waals surface area contributed by atoms with Crippen molar-refractivity contribution in [1.82, 2.24) is 0 Å². The van der Waals surface area contributed by atoms with Crippen LogP contribution in [0.5, 0.6) is 0 Å². The topological polar surface area (TPSA) is 46.6 Å². The number of ether oxygens (including phenoxy) is 1. The lowest BCUT2D eigenvalue weighted by Gasteiger charge is -2.18. The second-order valence-corrected chi connectivity index (χ2v) is 7.70. The molecule has 0 unspecified atom stereocenters. The molecule has 1 amide bonds. The summed E-state index contributed by atoms with van der Waals surface area (Å²) in [6.45, 7) is 3.63. The van der Waals surface area contributed by atoms with Crippen LogP contribution < -0.4 is 4.90 Å². The molecule has 2 aromatic carbocycles. The van der Waals surface area contributed by atoms with Gasteiger partial charge in [-0.1, -0.05) is 51.3 Å². The van der Waals surface area contributed by atoms with E-state index in [1.807, 2.05) is 12.1 Å². The molecule has 7 heteroatoms. The minimum atomic E-state index is -0.558. The van der Waals surface area contributed by atoms with Crippen LogP contribution in [0, 0.1) is 0 Å². The third-order valence-corrected chi connectivity index (χ3v) is 5.61. The third kappa shape index (κ3) is 3.88. The molecule has 0 radical (unpaired) electrons. The van der Waals surface area contributed by atoms with E-state index in [1.165, 1.54) is 4.90 Å². The Labute approximate surface area is 181 Å². The van der Waals surface area contributed by atoms with Crippen molar-refractivity contribution in [3.8, 4) is 0 Å². The Morgan fingerprint density at radius 3 is 2.50 bits per heavy atom. The molecule has 0 saturated heterocycles. The Balaban J connectivity index is 2.16. The summed E-state index contributed by atoms with van der Waals surface area (Å²) in [5.41, 5.74) is 2.11. The van der Waals surface area contributed by atoms with Crippen LogP contribution in [0.1, 0.15) is 19.4 Å². The summed E-state index contributed by atoms with van der Waals surface area (Å²) in [6.07, 6.45) is 1.57.